The zero-order valence-corrected chi connectivity index (χ0v) is 19.3. The number of ether oxygens (including phenoxy) is 1. The number of rotatable bonds is 5. The number of piperidine rings is 1. The Labute approximate surface area is 191 Å². The van der Waals surface area contributed by atoms with E-state index in [-0.39, 0.29) is 46.0 Å². The van der Waals surface area contributed by atoms with Crippen LogP contribution in [0.2, 0.25) is 10.0 Å². The summed E-state index contributed by atoms with van der Waals surface area (Å²) in [6, 6.07) is 4.57. The summed E-state index contributed by atoms with van der Waals surface area (Å²) in [5, 5.41) is 3.48. The molecule has 0 aromatic heterocycles. The number of nitrogens with zero attached hydrogens (tertiary/aromatic N) is 1. The van der Waals surface area contributed by atoms with Crippen LogP contribution in [0.15, 0.2) is 23.1 Å². The van der Waals surface area contributed by atoms with E-state index in [2.05, 4.69) is 16.2 Å². The van der Waals surface area contributed by atoms with Crippen molar-refractivity contribution in [2.45, 2.75) is 36.7 Å². The van der Waals surface area contributed by atoms with Crippen molar-refractivity contribution in [3.8, 4) is 0 Å². The van der Waals surface area contributed by atoms with Crippen molar-refractivity contribution in [1.82, 2.24) is 20.5 Å². The summed E-state index contributed by atoms with van der Waals surface area (Å²) in [5.74, 6) is -0.560. The second-order valence-corrected chi connectivity index (χ2v) is 10.3. The van der Waals surface area contributed by atoms with E-state index in [1.807, 2.05) is 0 Å². The van der Waals surface area contributed by atoms with Crippen molar-refractivity contribution in [3.63, 3.8) is 0 Å². The maximum atomic E-state index is 12.9. The number of nitrogens with one attached hydrogen (secondary N) is 3. The third-order valence-electron chi connectivity index (χ3n) is 5.16. The highest BCUT2D eigenvalue weighted by atomic mass is 35.5. The van der Waals surface area contributed by atoms with Crippen LogP contribution in [0, 0.1) is 5.92 Å². The monoisotopic (exact) mass is 494 g/mol. The van der Waals surface area contributed by atoms with Gasteiger partial charge in [-0.2, -0.15) is 4.31 Å². The van der Waals surface area contributed by atoms with Crippen molar-refractivity contribution in [3.05, 3.63) is 28.2 Å². The van der Waals surface area contributed by atoms with E-state index in [4.69, 9.17) is 40.2 Å². The van der Waals surface area contributed by atoms with Gasteiger partial charge in [-0.3, -0.25) is 15.6 Å². The normalized spacial score (nSPS) is 20.7. The average Bonchev–Trinajstić information content (AvgIpc) is 3.24. The molecule has 3 rings (SSSR count). The van der Waals surface area contributed by atoms with Crippen LogP contribution in [0.4, 0.5) is 0 Å². The first-order chi connectivity index (χ1) is 14.3. The van der Waals surface area contributed by atoms with Crippen LogP contribution in [0.3, 0.4) is 0 Å². The van der Waals surface area contributed by atoms with Crippen molar-refractivity contribution >= 4 is 56.5 Å². The van der Waals surface area contributed by atoms with Crippen LogP contribution < -0.4 is 16.2 Å². The molecule has 2 saturated heterocycles. The second kappa shape index (κ2) is 10.4. The molecule has 2 heterocycles. The van der Waals surface area contributed by atoms with E-state index in [0.29, 0.717) is 24.5 Å². The van der Waals surface area contributed by atoms with Gasteiger partial charge in [-0.1, -0.05) is 29.3 Å². The number of carbonyl (C=O) groups excluding carboxylic acids is 1. The Balaban J connectivity index is 1.46. The van der Waals surface area contributed by atoms with E-state index in [1.165, 1.54) is 16.4 Å². The Bertz CT molecular complexity index is 866. The number of carbonyl (C=O) groups is 1. The lowest BCUT2D eigenvalue weighted by molar-refractivity contribution is -0.126. The molecule has 0 spiro atoms. The number of sulfonamides is 1. The SMILES string of the molecule is O=C(NNC(=S)NCC1CCCO1)C1CCN(S(=O)(=O)c2c(Cl)cccc2Cl)CC1. The van der Waals surface area contributed by atoms with Gasteiger partial charge in [0.15, 0.2) is 5.11 Å². The lowest BCUT2D eigenvalue weighted by atomic mass is 9.98. The summed E-state index contributed by atoms with van der Waals surface area (Å²) < 4.78 is 32.6. The van der Waals surface area contributed by atoms with Crippen LogP contribution in [0.5, 0.6) is 0 Å². The third kappa shape index (κ3) is 5.74. The highest BCUT2D eigenvalue weighted by Crippen LogP contribution is 2.33. The molecule has 2 aliphatic rings. The number of amides is 1. The summed E-state index contributed by atoms with van der Waals surface area (Å²) in [6.07, 6.45) is 2.93. The van der Waals surface area contributed by atoms with Crippen LogP contribution >= 0.6 is 35.4 Å². The first-order valence-corrected chi connectivity index (χ1v) is 12.3. The molecule has 12 heteroatoms. The fraction of sp³-hybridized carbons (Fsp3) is 0.556. The largest absolute Gasteiger partial charge is 0.376 e. The van der Waals surface area contributed by atoms with E-state index in [1.54, 1.807) is 6.07 Å². The maximum absolute atomic E-state index is 12.9. The fourth-order valence-electron chi connectivity index (χ4n) is 3.49. The minimum Gasteiger partial charge on any atom is -0.376 e. The van der Waals surface area contributed by atoms with Gasteiger partial charge in [0.25, 0.3) is 0 Å². The first-order valence-electron chi connectivity index (χ1n) is 9.68. The summed E-state index contributed by atoms with van der Waals surface area (Å²) in [7, 11) is -3.83. The highest BCUT2D eigenvalue weighted by molar-refractivity contribution is 7.89. The molecule has 1 aromatic rings. The molecule has 0 bridgehead atoms. The zero-order chi connectivity index (χ0) is 21.7. The van der Waals surface area contributed by atoms with Crippen LogP contribution in [-0.4, -0.2) is 56.1 Å². The van der Waals surface area contributed by atoms with E-state index in [9.17, 15) is 13.2 Å². The second-order valence-electron chi connectivity index (χ2n) is 7.19. The average molecular weight is 495 g/mol. The predicted molar refractivity (Wildman–Crippen MR) is 119 cm³/mol. The van der Waals surface area contributed by atoms with Crippen molar-refractivity contribution in [1.29, 1.82) is 0 Å². The van der Waals surface area contributed by atoms with Crippen LogP contribution in [0.1, 0.15) is 25.7 Å². The predicted octanol–water partition coefficient (Wildman–Crippen LogP) is 2.07. The molecule has 0 saturated carbocycles. The molecule has 0 radical (unpaired) electrons. The lowest BCUT2D eigenvalue weighted by Crippen LogP contribution is -2.51. The summed E-state index contributed by atoms with van der Waals surface area (Å²) in [5.41, 5.74) is 5.27. The topological polar surface area (TPSA) is 99.8 Å². The molecular formula is C18H24Cl2N4O4S2. The van der Waals surface area contributed by atoms with Crippen LogP contribution in [-0.2, 0) is 19.6 Å². The maximum Gasteiger partial charge on any atom is 0.246 e. The van der Waals surface area contributed by atoms with Crippen molar-refractivity contribution < 1.29 is 17.9 Å². The van der Waals surface area contributed by atoms with E-state index >= 15 is 0 Å². The molecule has 2 fully saturated rings. The smallest absolute Gasteiger partial charge is 0.246 e. The van der Waals surface area contributed by atoms with Crippen molar-refractivity contribution in [2.24, 2.45) is 5.92 Å². The number of halogens is 2. The molecular weight excluding hydrogens is 471 g/mol. The number of hydrogen-bond acceptors (Lipinski definition) is 5. The van der Waals surface area contributed by atoms with E-state index in [0.717, 1.165) is 19.4 Å². The Kier molecular flexibility index (Phi) is 8.17. The minimum atomic E-state index is -3.83. The zero-order valence-electron chi connectivity index (χ0n) is 16.2. The Morgan fingerprint density at radius 1 is 1.17 bits per heavy atom. The molecule has 1 aromatic carbocycles. The van der Waals surface area contributed by atoms with Gasteiger partial charge in [0.2, 0.25) is 15.9 Å². The van der Waals surface area contributed by atoms with Gasteiger partial charge in [-0.25, -0.2) is 8.42 Å². The number of benzene rings is 1. The summed E-state index contributed by atoms with van der Waals surface area (Å²) in [4.78, 5) is 12.3. The first kappa shape index (κ1) is 23.5. The summed E-state index contributed by atoms with van der Waals surface area (Å²) in [6.45, 7) is 1.75. The van der Waals surface area contributed by atoms with Gasteiger partial charge in [-0.15, -0.1) is 0 Å². The molecule has 3 N–H and O–H groups in total. The van der Waals surface area contributed by atoms with Gasteiger partial charge in [0.05, 0.1) is 16.1 Å². The van der Waals surface area contributed by atoms with Crippen LogP contribution in [0.25, 0.3) is 0 Å². The van der Waals surface area contributed by atoms with E-state index < -0.39 is 10.0 Å². The lowest BCUT2D eigenvalue weighted by Gasteiger charge is -2.31. The molecule has 1 atom stereocenters. The number of hydrazine groups is 1. The van der Waals surface area contributed by atoms with Gasteiger partial charge in [0.1, 0.15) is 4.90 Å². The summed E-state index contributed by atoms with van der Waals surface area (Å²) >= 11 is 17.3. The molecule has 8 nitrogen and oxygen atoms in total. The standard InChI is InChI=1S/C18H24Cl2N4O4S2/c19-14-4-1-5-15(20)16(14)30(26,27)24-8-6-12(7-9-24)17(25)22-23-18(29)21-11-13-3-2-10-28-13/h1,4-5,12-13H,2-3,6-11H2,(H,22,25)(H2,21,23,29). The molecule has 0 aliphatic carbocycles. The van der Waals surface area contributed by atoms with Gasteiger partial charge < -0.3 is 10.1 Å². The third-order valence-corrected chi connectivity index (χ3v) is 8.26. The Morgan fingerprint density at radius 2 is 1.83 bits per heavy atom. The van der Waals surface area contributed by atoms with Crippen molar-refractivity contribution in [2.75, 3.05) is 26.2 Å². The van der Waals surface area contributed by atoms with Gasteiger partial charge >= 0.3 is 0 Å². The Hall–Kier alpha value is -1.17. The highest BCUT2D eigenvalue weighted by Gasteiger charge is 2.34. The molecule has 1 amide bonds. The molecule has 2 aliphatic heterocycles. The molecule has 1 unspecified atom stereocenters. The number of hydrogen-bond donors (Lipinski definition) is 3. The molecule has 166 valence electrons. The minimum absolute atomic E-state index is 0.0792. The fourth-order valence-corrected chi connectivity index (χ4v) is 6.19. The quantitative estimate of drug-likeness (QED) is 0.425. The number of thiocarbonyl (C=S) groups is 1. The molecule has 30 heavy (non-hydrogen) atoms. The van der Waals surface area contributed by atoms with Gasteiger partial charge in [-0.05, 0) is 50.0 Å². The Morgan fingerprint density at radius 3 is 2.43 bits per heavy atom. The van der Waals surface area contributed by atoms with Gasteiger partial charge in [0, 0.05) is 32.2 Å².